The third-order valence-electron chi connectivity index (χ3n) is 5.24. The van der Waals surface area contributed by atoms with Gasteiger partial charge in [0.25, 0.3) is 0 Å². The molecule has 0 aliphatic carbocycles. The van der Waals surface area contributed by atoms with E-state index in [1.54, 1.807) is 24.3 Å². The summed E-state index contributed by atoms with van der Waals surface area (Å²) in [5.41, 5.74) is 2.04. The summed E-state index contributed by atoms with van der Waals surface area (Å²) in [6.45, 7) is -0.509. The minimum atomic E-state index is -1.45. The third-order valence-corrected chi connectivity index (χ3v) is 5.24. The summed E-state index contributed by atoms with van der Waals surface area (Å²) >= 11 is 0. The average molecular weight is 498 g/mol. The van der Waals surface area contributed by atoms with Crippen molar-refractivity contribution in [3.05, 3.63) is 54.6 Å². The number of ether oxygens (including phenoxy) is 4. The van der Waals surface area contributed by atoms with Crippen LogP contribution in [0, 0.1) is 0 Å². The van der Waals surface area contributed by atoms with Gasteiger partial charge in [-0.25, -0.2) is 0 Å². The molecule has 0 unspecified atom stereocenters. The van der Waals surface area contributed by atoms with Crippen LogP contribution in [0.4, 0.5) is 23.0 Å². The molecule has 190 valence electrons. The second-order valence-corrected chi connectivity index (χ2v) is 7.66. The first-order valence-electron chi connectivity index (χ1n) is 11.0. The van der Waals surface area contributed by atoms with Crippen LogP contribution < -0.4 is 14.8 Å². The second-order valence-electron chi connectivity index (χ2n) is 7.66. The summed E-state index contributed by atoms with van der Waals surface area (Å²) in [6.07, 6.45) is -6.19. The summed E-state index contributed by atoms with van der Waals surface area (Å²) in [5, 5.41) is 41.4. The van der Waals surface area contributed by atoms with Gasteiger partial charge in [-0.15, -0.1) is 4.98 Å². The molecule has 1 fully saturated rings. The molecule has 1 aliphatic rings. The maximum Gasteiger partial charge on any atom is 0.325 e. The highest BCUT2D eigenvalue weighted by Crippen LogP contribution is 2.27. The molecule has 13 heteroatoms. The number of azo groups is 1. The van der Waals surface area contributed by atoms with Crippen molar-refractivity contribution in [2.45, 2.75) is 30.7 Å². The van der Waals surface area contributed by atoms with Crippen LogP contribution in [0.3, 0.4) is 0 Å². The Labute approximate surface area is 206 Å². The molecule has 4 rings (SSSR count). The quantitative estimate of drug-likeness (QED) is 0.317. The number of benzene rings is 2. The van der Waals surface area contributed by atoms with Crippen LogP contribution in [0.15, 0.2) is 64.8 Å². The predicted octanol–water partition coefficient (Wildman–Crippen LogP) is 1.87. The Hall–Kier alpha value is -3.75. The monoisotopic (exact) mass is 498 g/mol. The highest BCUT2D eigenvalue weighted by molar-refractivity contribution is 5.57. The van der Waals surface area contributed by atoms with E-state index in [4.69, 9.17) is 18.9 Å². The van der Waals surface area contributed by atoms with Gasteiger partial charge >= 0.3 is 12.0 Å². The zero-order chi connectivity index (χ0) is 25.5. The van der Waals surface area contributed by atoms with Crippen LogP contribution in [0.2, 0.25) is 0 Å². The summed E-state index contributed by atoms with van der Waals surface area (Å²) in [6, 6.07) is 16.2. The summed E-state index contributed by atoms with van der Waals surface area (Å²) in [4.78, 5) is 12.4. The average Bonchev–Trinajstić information content (AvgIpc) is 2.91. The van der Waals surface area contributed by atoms with Gasteiger partial charge in [0.1, 0.15) is 18.3 Å². The van der Waals surface area contributed by atoms with E-state index in [9.17, 15) is 15.3 Å². The molecule has 2 aromatic carbocycles. The van der Waals surface area contributed by atoms with E-state index in [1.807, 2.05) is 30.3 Å². The van der Waals surface area contributed by atoms with Crippen LogP contribution in [-0.4, -0.2) is 81.8 Å². The van der Waals surface area contributed by atoms with Gasteiger partial charge in [-0.2, -0.15) is 20.2 Å². The van der Waals surface area contributed by atoms with E-state index >= 15 is 0 Å². The molecule has 1 aliphatic heterocycles. The van der Waals surface area contributed by atoms with Crippen molar-refractivity contribution in [1.82, 2.24) is 15.0 Å². The summed E-state index contributed by atoms with van der Waals surface area (Å²) < 4.78 is 21.5. The van der Waals surface area contributed by atoms with Crippen molar-refractivity contribution in [2.75, 3.05) is 26.1 Å². The van der Waals surface area contributed by atoms with Crippen molar-refractivity contribution in [3.63, 3.8) is 0 Å². The Morgan fingerprint density at radius 3 is 2.19 bits per heavy atom. The fourth-order valence-electron chi connectivity index (χ4n) is 3.38. The number of hydrogen-bond acceptors (Lipinski definition) is 13. The molecule has 5 atom stereocenters. The molecule has 2 heterocycles. The second kappa shape index (κ2) is 11.8. The van der Waals surface area contributed by atoms with Gasteiger partial charge in [0.2, 0.25) is 5.95 Å². The number of methoxy groups -OCH3 is 2. The van der Waals surface area contributed by atoms with Gasteiger partial charge in [0, 0.05) is 12.8 Å². The standard InChI is InChI=1S/C23H26N6O7/c1-33-20-19(18(32)17(31)16(12-30)35-20)36-23-26-21(25-22(27-23)34-2)24-13-8-10-15(11-9-13)29-28-14-6-4-3-5-7-14/h3-11,16-20,30-32H,12H2,1-2H3,(H,24,25,26,27)/t16-,17-,18+,19-,20+/m1/s1. The van der Waals surface area contributed by atoms with E-state index in [-0.39, 0.29) is 18.0 Å². The SMILES string of the molecule is COc1nc(Nc2ccc(N=Nc3ccccc3)cc2)nc(O[C@H]2[C@@H](OC)O[C@H](CO)[C@@H](O)[C@@H]2O)n1. The molecule has 0 radical (unpaired) electrons. The number of anilines is 2. The van der Waals surface area contributed by atoms with Gasteiger partial charge in [0.05, 0.1) is 25.1 Å². The maximum atomic E-state index is 10.5. The molecule has 13 nitrogen and oxygen atoms in total. The lowest BCUT2D eigenvalue weighted by Gasteiger charge is -2.40. The molecule has 4 N–H and O–H groups in total. The van der Waals surface area contributed by atoms with Crippen LogP contribution >= 0.6 is 0 Å². The number of aromatic nitrogens is 3. The molecule has 0 saturated carbocycles. The third kappa shape index (κ3) is 6.08. The number of aliphatic hydroxyl groups is 3. The van der Waals surface area contributed by atoms with Gasteiger partial charge in [-0.3, -0.25) is 0 Å². The first kappa shape index (κ1) is 25.3. The van der Waals surface area contributed by atoms with Crippen molar-refractivity contribution in [3.8, 4) is 12.0 Å². The van der Waals surface area contributed by atoms with E-state index in [2.05, 4.69) is 30.5 Å². The number of aliphatic hydroxyl groups excluding tert-OH is 3. The van der Waals surface area contributed by atoms with Crippen LogP contribution in [0.5, 0.6) is 12.0 Å². The highest BCUT2D eigenvalue weighted by Gasteiger charge is 2.46. The maximum absolute atomic E-state index is 10.5. The number of hydrogen-bond donors (Lipinski definition) is 4. The zero-order valence-corrected chi connectivity index (χ0v) is 19.5. The fraction of sp³-hybridized carbons (Fsp3) is 0.348. The molecule has 0 amide bonds. The lowest BCUT2D eigenvalue weighted by Crippen LogP contribution is -2.61. The Bertz CT molecular complexity index is 1150. The molecule has 0 bridgehead atoms. The smallest absolute Gasteiger partial charge is 0.325 e. The summed E-state index contributed by atoms with van der Waals surface area (Å²) in [7, 11) is 2.71. The molecule has 0 spiro atoms. The molecule has 1 aromatic heterocycles. The van der Waals surface area contributed by atoms with Crippen molar-refractivity contribution >= 4 is 23.0 Å². The van der Waals surface area contributed by atoms with Crippen LogP contribution in [0.25, 0.3) is 0 Å². The van der Waals surface area contributed by atoms with Gasteiger partial charge < -0.3 is 39.6 Å². The predicted molar refractivity (Wildman–Crippen MR) is 126 cm³/mol. The molecule has 36 heavy (non-hydrogen) atoms. The van der Waals surface area contributed by atoms with E-state index < -0.39 is 37.3 Å². The lowest BCUT2D eigenvalue weighted by atomic mass is 9.99. The molecular formula is C23H26N6O7. The fourth-order valence-corrected chi connectivity index (χ4v) is 3.38. The van der Waals surface area contributed by atoms with E-state index in [0.29, 0.717) is 11.4 Å². The van der Waals surface area contributed by atoms with Gasteiger partial charge in [0.15, 0.2) is 12.4 Å². The van der Waals surface area contributed by atoms with Crippen molar-refractivity contribution in [2.24, 2.45) is 10.2 Å². The Balaban J connectivity index is 1.48. The van der Waals surface area contributed by atoms with E-state index in [0.717, 1.165) is 5.69 Å². The first-order valence-corrected chi connectivity index (χ1v) is 11.0. The molecule has 3 aromatic rings. The summed E-state index contributed by atoms with van der Waals surface area (Å²) in [5.74, 6) is 0.101. The minimum absolute atomic E-state index is 0.0512. The number of nitrogens with one attached hydrogen (secondary N) is 1. The van der Waals surface area contributed by atoms with Crippen LogP contribution in [-0.2, 0) is 9.47 Å². The first-order chi connectivity index (χ1) is 17.5. The normalized spacial score (nSPS) is 24.0. The van der Waals surface area contributed by atoms with E-state index in [1.165, 1.54) is 14.2 Å². The van der Waals surface area contributed by atoms with Crippen molar-refractivity contribution in [1.29, 1.82) is 0 Å². The topological polar surface area (TPSA) is 173 Å². The number of rotatable bonds is 9. The molecular weight excluding hydrogens is 472 g/mol. The zero-order valence-electron chi connectivity index (χ0n) is 19.5. The Morgan fingerprint density at radius 2 is 1.56 bits per heavy atom. The number of nitrogens with zero attached hydrogens (tertiary/aromatic N) is 5. The van der Waals surface area contributed by atoms with Gasteiger partial charge in [-0.05, 0) is 36.4 Å². The Morgan fingerprint density at radius 1 is 0.889 bits per heavy atom. The lowest BCUT2D eigenvalue weighted by molar-refractivity contribution is -0.289. The van der Waals surface area contributed by atoms with Crippen LogP contribution in [0.1, 0.15) is 0 Å². The molecule has 1 saturated heterocycles. The Kier molecular flexibility index (Phi) is 8.30. The van der Waals surface area contributed by atoms with Gasteiger partial charge in [-0.1, -0.05) is 18.2 Å². The van der Waals surface area contributed by atoms with Crippen molar-refractivity contribution < 1.29 is 34.3 Å². The highest BCUT2D eigenvalue weighted by atomic mass is 16.7. The minimum Gasteiger partial charge on any atom is -0.467 e. The largest absolute Gasteiger partial charge is 0.467 e.